The molecule has 4 aromatic rings. The van der Waals surface area contributed by atoms with Crippen molar-refractivity contribution >= 4 is 46.8 Å². The van der Waals surface area contributed by atoms with E-state index in [1.807, 2.05) is 76.7 Å². The Hall–Kier alpha value is -2.94. The third-order valence-corrected chi connectivity index (χ3v) is 5.99. The number of para-hydroxylation sites is 1. The fraction of sp³-hybridized carbons (Fsp3) is 0.0476. The number of thioether (sulfide) groups is 1. The molecule has 2 aromatic carbocycles. The van der Waals surface area contributed by atoms with Crippen LogP contribution in [0.15, 0.2) is 82.4 Å². The zero-order valence-electron chi connectivity index (χ0n) is 15.6. The molecular weight excluding hydrogens is 438 g/mol. The van der Waals surface area contributed by atoms with E-state index in [0.717, 1.165) is 16.1 Å². The van der Waals surface area contributed by atoms with Crippen molar-refractivity contribution in [3.63, 3.8) is 0 Å². The summed E-state index contributed by atoms with van der Waals surface area (Å²) in [6.07, 6.45) is 1.62. The van der Waals surface area contributed by atoms with Crippen LogP contribution >= 0.6 is 34.7 Å². The van der Waals surface area contributed by atoms with Crippen LogP contribution in [0.4, 0.5) is 0 Å². The molecule has 4 rings (SSSR count). The van der Waals surface area contributed by atoms with Gasteiger partial charge in [-0.05, 0) is 47.8 Å². The molecule has 0 atom stereocenters. The Kier molecular flexibility index (Phi) is 6.58. The molecule has 0 bridgehead atoms. The first-order valence-corrected chi connectivity index (χ1v) is 11.2. The molecule has 1 amide bonds. The molecule has 30 heavy (non-hydrogen) atoms. The second kappa shape index (κ2) is 9.71. The summed E-state index contributed by atoms with van der Waals surface area (Å²) >= 11 is 8.86. The first-order valence-electron chi connectivity index (χ1n) is 8.96. The predicted molar refractivity (Wildman–Crippen MR) is 123 cm³/mol. The second-order valence-corrected chi connectivity index (χ2v) is 8.44. The van der Waals surface area contributed by atoms with Crippen molar-refractivity contribution in [2.24, 2.45) is 5.10 Å². The zero-order valence-corrected chi connectivity index (χ0v) is 18.0. The van der Waals surface area contributed by atoms with E-state index in [4.69, 9.17) is 11.6 Å². The molecule has 0 saturated carbocycles. The molecule has 2 heterocycles. The third-order valence-electron chi connectivity index (χ3n) is 4.01. The maximum Gasteiger partial charge on any atom is 0.250 e. The van der Waals surface area contributed by atoms with Crippen molar-refractivity contribution in [2.45, 2.75) is 5.16 Å². The van der Waals surface area contributed by atoms with Crippen LogP contribution in [0.5, 0.6) is 0 Å². The van der Waals surface area contributed by atoms with Crippen LogP contribution in [-0.4, -0.2) is 32.6 Å². The highest BCUT2D eigenvalue weighted by Gasteiger charge is 2.17. The molecule has 6 nitrogen and oxygen atoms in total. The molecule has 0 radical (unpaired) electrons. The minimum Gasteiger partial charge on any atom is -0.272 e. The first-order chi connectivity index (χ1) is 14.7. The van der Waals surface area contributed by atoms with E-state index in [1.54, 1.807) is 17.6 Å². The monoisotopic (exact) mass is 453 g/mol. The van der Waals surface area contributed by atoms with E-state index in [2.05, 4.69) is 20.7 Å². The van der Waals surface area contributed by atoms with Crippen molar-refractivity contribution < 1.29 is 4.79 Å². The molecule has 0 aliphatic heterocycles. The van der Waals surface area contributed by atoms with Gasteiger partial charge in [-0.25, -0.2) is 5.43 Å². The van der Waals surface area contributed by atoms with Crippen molar-refractivity contribution in [3.8, 4) is 17.1 Å². The summed E-state index contributed by atoms with van der Waals surface area (Å²) in [6.45, 7) is 0. The maximum absolute atomic E-state index is 12.2. The number of thiophene rings is 1. The van der Waals surface area contributed by atoms with Crippen molar-refractivity contribution in [1.29, 1.82) is 0 Å². The first kappa shape index (κ1) is 20.3. The summed E-state index contributed by atoms with van der Waals surface area (Å²) in [5.74, 6) is 0.618. The lowest BCUT2D eigenvalue weighted by Crippen LogP contribution is -2.19. The molecule has 0 saturated heterocycles. The number of rotatable bonds is 7. The van der Waals surface area contributed by atoms with Crippen LogP contribution in [0.2, 0.25) is 5.02 Å². The number of hydrogen-bond donors (Lipinski definition) is 1. The number of benzene rings is 2. The molecule has 0 unspecified atom stereocenters. The Balaban J connectivity index is 1.53. The molecule has 150 valence electrons. The van der Waals surface area contributed by atoms with E-state index >= 15 is 0 Å². The van der Waals surface area contributed by atoms with Gasteiger partial charge in [0.2, 0.25) is 0 Å². The number of carbonyl (C=O) groups excluding carboxylic acids is 1. The van der Waals surface area contributed by atoms with Crippen LogP contribution in [0, 0.1) is 0 Å². The molecule has 1 N–H and O–H groups in total. The van der Waals surface area contributed by atoms with E-state index in [-0.39, 0.29) is 11.7 Å². The predicted octanol–water partition coefficient (Wildman–Crippen LogP) is 4.89. The average molecular weight is 454 g/mol. The minimum atomic E-state index is -0.219. The Labute approximate surface area is 186 Å². The Bertz CT molecular complexity index is 1140. The summed E-state index contributed by atoms with van der Waals surface area (Å²) in [4.78, 5) is 13.2. The van der Waals surface area contributed by atoms with Crippen molar-refractivity contribution in [2.75, 3.05) is 5.75 Å². The third kappa shape index (κ3) is 4.96. The van der Waals surface area contributed by atoms with Crippen molar-refractivity contribution in [1.82, 2.24) is 20.2 Å². The van der Waals surface area contributed by atoms with Gasteiger partial charge in [-0.2, -0.15) is 5.10 Å². The lowest BCUT2D eigenvalue weighted by atomic mass is 10.2. The number of carbonyl (C=O) groups is 1. The highest BCUT2D eigenvalue weighted by molar-refractivity contribution is 7.99. The Morgan fingerprint density at radius 3 is 2.63 bits per heavy atom. The van der Waals surface area contributed by atoms with Gasteiger partial charge < -0.3 is 0 Å². The fourth-order valence-electron chi connectivity index (χ4n) is 2.65. The van der Waals surface area contributed by atoms with Gasteiger partial charge in [-0.15, -0.1) is 21.5 Å². The molecule has 9 heteroatoms. The largest absolute Gasteiger partial charge is 0.272 e. The zero-order chi connectivity index (χ0) is 20.8. The molecule has 0 aliphatic carbocycles. The van der Waals surface area contributed by atoms with Gasteiger partial charge >= 0.3 is 0 Å². The molecule has 0 spiro atoms. The van der Waals surface area contributed by atoms with Crippen LogP contribution in [0.1, 0.15) is 4.88 Å². The molecular formula is C21H16ClN5OS2. The Morgan fingerprint density at radius 1 is 1.10 bits per heavy atom. The number of nitrogens with one attached hydrogen (secondary N) is 1. The highest BCUT2D eigenvalue weighted by atomic mass is 35.5. The smallest absolute Gasteiger partial charge is 0.250 e. The molecule has 0 fully saturated rings. The molecule has 2 aromatic heterocycles. The summed E-state index contributed by atoms with van der Waals surface area (Å²) in [5.41, 5.74) is 4.33. The quantitative estimate of drug-likeness (QED) is 0.245. The van der Waals surface area contributed by atoms with E-state index < -0.39 is 0 Å². The number of amides is 1. The van der Waals surface area contributed by atoms with Gasteiger partial charge in [0.25, 0.3) is 5.91 Å². The van der Waals surface area contributed by atoms with Gasteiger partial charge in [0.15, 0.2) is 11.0 Å². The van der Waals surface area contributed by atoms with Gasteiger partial charge in [0.05, 0.1) is 12.0 Å². The van der Waals surface area contributed by atoms with Gasteiger partial charge in [-0.1, -0.05) is 47.6 Å². The normalized spacial score (nSPS) is 11.1. The van der Waals surface area contributed by atoms with Gasteiger partial charge in [0, 0.05) is 21.2 Å². The van der Waals surface area contributed by atoms with E-state index in [0.29, 0.717) is 16.0 Å². The van der Waals surface area contributed by atoms with Crippen LogP contribution < -0.4 is 5.43 Å². The second-order valence-electron chi connectivity index (χ2n) is 6.08. The number of aromatic nitrogens is 3. The van der Waals surface area contributed by atoms with Crippen LogP contribution in [-0.2, 0) is 4.79 Å². The summed E-state index contributed by atoms with van der Waals surface area (Å²) in [7, 11) is 0. The fourth-order valence-corrected chi connectivity index (χ4v) is 4.11. The number of nitrogens with zero attached hydrogens (tertiary/aromatic N) is 4. The molecule has 0 aliphatic rings. The average Bonchev–Trinajstić information content (AvgIpc) is 3.43. The lowest BCUT2D eigenvalue weighted by Gasteiger charge is -2.10. The van der Waals surface area contributed by atoms with Crippen molar-refractivity contribution in [3.05, 3.63) is 82.0 Å². The minimum absolute atomic E-state index is 0.160. The number of halogens is 1. The summed E-state index contributed by atoms with van der Waals surface area (Å²) in [5, 5.41) is 15.9. The number of hydrazone groups is 1. The Morgan fingerprint density at radius 2 is 1.90 bits per heavy atom. The number of hydrogen-bond acceptors (Lipinski definition) is 6. The summed E-state index contributed by atoms with van der Waals surface area (Å²) < 4.78 is 1.93. The van der Waals surface area contributed by atoms with Gasteiger partial charge in [-0.3, -0.25) is 9.36 Å². The van der Waals surface area contributed by atoms with Crippen LogP contribution in [0.3, 0.4) is 0 Å². The van der Waals surface area contributed by atoms with E-state index in [1.165, 1.54) is 11.8 Å². The summed E-state index contributed by atoms with van der Waals surface area (Å²) in [6, 6.07) is 21.0. The lowest BCUT2D eigenvalue weighted by molar-refractivity contribution is -0.118. The SMILES string of the molecule is O=C(CSc1nnc(-c2ccc(Cl)cc2)n1-c1ccccc1)N/N=C\c1cccs1. The van der Waals surface area contributed by atoms with E-state index in [9.17, 15) is 4.79 Å². The van der Waals surface area contributed by atoms with Crippen LogP contribution in [0.25, 0.3) is 17.1 Å². The standard InChI is InChI=1S/C21H16ClN5OS2/c22-16-10-8-15(9-11-16)20-25-26-21(27(20)17-5-2-1-3-6-17)30-14-19(28)24-23-13-18-7-4-12-29-18/h1-13H,14H2,(H,24,28)/b23-13-. The highest BCUT2D eigenvalue weighted by Crippen LogP contribution is 2.28. The maximum atomic E-state index is 12.2. The van der Waals surface area contributed by atoms with Gasteiger partial charge in [0.1, 0.15) is 0 Å². The topological polar surface area (TPSA) is 72.2 Å².